The third-order valence-corrected chi connectivity index (χ3v) is 3.79. The van der Waals surface area contributed by atoms with E-state index in [0.29, 0.717) is 18.1 Å². The Morgan fingerprint density at radius 2 is 2.20 bits per heavy atom. The van der Waals surface area contributed by atoms with Gasteiger partial charge in [-0.25, -0.2) is 0 Å². The highest BCUT2D eigenvalue weighted by molar-refractivity contribution is 7.10. The van der Waals surface area contributed by atoms with E-state index in [1.807, 2.05) is 36.6 Å². The van der Waals surface area contributed by atoms with Gasteiger partial charge >= 0.3 is 0 Å². The van der Waals surface area contributed by atoms with Crippen LogP contribution in [0, 0.1) is 18.8 Å². The standard InChI is InChI=1S/C16H15ClO2S/c1-12-5-6-14(17)9-16(12)19-10-15-8-13(11-20-15)4-2-3-7-18/h5-6,8-9,11,18H,3,7,10H2,1H3. The number of ether oxygens (including phenoxy) is 1. The van der Waals surface area contributed by atoms with Gasteiger partial charge in [0, 0.05) is 27.3 Å². The number of aliphatic hydroxyl groups is 1. The average Bonchev–Trinajstić information content (AvgIpc) is 2.88. The van der Waals surface area contributed by atoms with Gasteiger partial charge in [-0.1, -0.05) is 29.5 Å². The minimum absolute atomic E-state index is 0.0984. The molecule has 2 rings (SSSR count). The van der Waals surface area contributed by atoms with Crippen molar-refractivity contribution >= 4 is 22.9 Å². The molecule has 1 aromatic carbocycles. The summed E-state index contributed by atoms with van der Waals surface area (Å²) in [5, 5.41) is 11.3. The lowest BCUT2D eigenvalue weighted by Crippen LogP contribution is -1.94. The van der Waals surface area contributed by atoms with Crippen LogP contribution in [-0.4, -0.2) is 11.7 Å². The van der Waals surface area contributed by atoms with E-state index in [-0.39, 0.29) is 6.61 Å². The van der Waals surface area contributed by atoms with Gasteiger partial charge < -0.3 is 9.84 Å². The van der Waals surface area contributed by atoms with E-state index in [1.54, 1.807) is 11.3 Å². The highest BCUT2D eigenvalue weighted by atomic mass is 35.5. The van der Waals surface area contributed by atoms with E-state index in [9.17, 15) is 0 Å². The topological polar surface area (TPSA) is 29.5 Å². The predicted molar refractivity (Wildman–Crippen MR) is 83.4 cm³/mol. The largest absolute Gasteiger partial charge is 0.488 e. The molecular weight excluding hydrogens is 292 g/mol. The van der Waals surface area contributed by atoms with Crippen LogP contribution in [0.1, 0.15) is 22.4 Å². The molecule has 0 aliphatic rings. The van der Waals surface area contributed by atoms with Crippen LogP contribution >= 0.6 is 22.9 Å². The highest BCUT2D eigenvalue weighted by Gasteiger charge is 2.03. The number of hydrogen-bond donors (Lipinski definition) is 1. The monoisotopic (exact) mass is 306 g/mol. The fourth-order valence-corrected chi connectivity index (χ4v) is 2.51. The van der Waals surface area contributed by atoms with Crippen molar-refractivity contribution in [2.24, 2.45) is 0 Å². The number of halogens is 1. The van der Waals surface area contributed by atoms with Gasteiger partial charge in [0.25, 0.3) is 0 Å². The SMILES string of the molecule is Cc1ccc(Cl)cc1OCc1cc(C#CCCO)cs1. The molecule has 1 N–H and O–H groups in total. The average molecular weight is 307 g/mol. The molecule has 2 nitrogen and oxygen atoms in total. The van der Waals surface area contributed by atoms with Crippen LogP contribution in [0.2, 0.25) is 5.02 Å². The first-order valence-corrected chi connectivity index (χ1v) is 7.51. The molecule has 1 aromatic heterocycles. The maximum absolute atomic E-state index is 8.68. The molecule has 20 heavy (non-hydrogen) atoms. The van der Waals surface area contributed by atoms with Gasteiger partial charge in [0.2, 0.25) is 0 Å². The molecule has 0 fully saturated rings. The maximum atomic E-state index is 8.68. The minimum Gasteiger partial charge on any atom is -0.488 e. The molecule has 0 saturated carbocycles. The van der Waals surface area contributed by atoms with Crippen LogP contribution in [0.4, 0.5) is 0 Å². The van der Waals surface area contributed by atoms with Gasteiger partial charge in [-0.2, -0.15) is 0 Å². The van der Waals surface area contributed by atoms with Crippen LogP contribution in [-0.2, 0) is 6.61 Å². The third-order valence-electron chi connectivity index (χ3n) is 2.64. The molecular formula is C16H15ClO2S. The Balaban J connectivity index is 1.98. The molecule has 0 spiro atoms. The molecule has 0 saturated heterocycles. The van der Waals surface area contributed by atoms with Crippen molar-refractivity contribution in [3.63, 3.8) is 0 Å². The summed E-state index contributed by atoms with van der Waals surface area (Å²) in [6, 6.07) is 7.63. The summed E-state index contributed by atoms with van der Waals surface area (Å²) in [4.78, 5) is 1.11. The van der Waals surface area contributed by atoms with Crippen molar-refractivity contribution in [2.75, 3.05) is 6.61 Å². The predicted octanol–water partition coefficient (Wildman–Crippen LogP) is 4.02. The van der Waals surface area contributed by atoms with Crippen LogP contribution in [0.3, 0.4) is 0 Å². The molecule has 0 aliphatic carbocycles. The van der Waals surface area contributed by atoms with Crippen molar-refractivity contribution in [2.45, 2.75) is 20.0 Å². The van der Waals surface area contributed by atoms with E-state index >= 15 is 0 Å². The lowest BCUT2D eigenvalue weighted by Gasteiger charge is -2.08. The fourth-order valence-electron chi connectivity index (χ4n) is 1.62. The van der Waals surface area contributed by atoms with E-state index in [1.165, 1.54) is 0 Å². The van der Waals surface area contributed by atoms with Crippen molar-refractivity contribution in [3.8, 4) is 17.6 Å². The molecule has 2 aromatic rings. The van der Waals surface area contributed by atoms with Crippen LogP contribution in [0.25, 0.3) is 0 Å². The molecule has 0 amide bonds. The summed E-state index contributed by atoms with van der Waals surface area (Å²) in [5.41, 5.74) is 2.03. The van der Waals surface area contributed by atoms with Crippen molar-refractivity contribution in [3.05, 3.63) is 50.7 Å². The Morgan fingerprint density at radius 1 is 1.35 bits per heavy atom. The zero-order valence-electron chi connectivity index (χ0n) is 11.1. The Kier molecular flexibility index (Phi) is 5.49. The summed E-state index contributed by atoms with van der Waals surface area (Å²) in [7, 11) is 0. The summed E-state index contributed by atoms with van der Waals surface area (Å²) in [6.45, 7) is 2.60. The Hall–Kier alpha value is -1.47. The quantitative estimate of drug-likeness (QED) is 0.864. The molecule has 1 heterocycles. The Labute approximate surface area is 128 Å². The fraction of sp³-hybridized carbons (Fsp3) is 0.250. The second-order valence-electron chi connectivity index (χ2n) is 4.28. The summed E-state index contributed by atoms with van der Waals surface area (Å²) >= 11 is 7.57. The smallest absolute Gasteiger partial charge is 0.124 e. The number of aliphatic hydroxyl groups excluding tert-OH is 1. The molecule has 0 unspecified atom stereocenters. The number of rotatable bonds is 4. The molecule has 0 atom stereocenters. The van der Waals surface area contributed by atoms with Gasteiger partial charge in [-0.05, 0) is 30.7 Å². The van der Waals surface area contributed by atoms with Gasteiger partial charge in [0.1, 0.15) is 12.4 Å². The van der Waals surface area contributed by atoms with Gasteiger partial charge in [-0.3, -0.25) is 0 Å². The number of benzene rings is 1. The second kappa shape index (κ2) is 7.35. The van der Waals surface area contributed by atoms with E-state index in [4.69, 9.17) is 21.4 Å². The first-order valence-electron chi connectivity index (χ1n) is 6.25. The lowest BCUT2D eigenvalue weighted by atomic mass is 10.2. The normalized spacial score (nSPS) is 9.95. The van der Waals surface area contributed by atoms with Crippen molar-refractivity contribution in [1.29, 1.82) is 0 Å². The highest BCUT2D eigenvalue weighted by Crippen LogP contribution is 2.24. The summed E-state index contributed by atoms with van der Waals surface area (Å²) in [6.07, 6.45) is 0.503. The van der Waals surface area contributed by atoms with Crippen LogP contribution < -0.4 is 4.74 Å². The molecule has 4 heteroatoms. The molecule has 0 radical (unpaired) electrons. The van der Waals surface area contributed by atoms with Gasteiger partial charge in [0.15, 0.2) is 0 Å². The van der Waals surface area contributed by atoms with Crippen molar-refractivity contribution < 1.29 is 9.84 Å². The number of aryl methyl sites for hydroxylation is 1. The summed E-state index contributed by atoms with van der Waals surface area (Å²) in [5.74, 6) is 6.72. The molecule has 0 aliphatic heterocycles. The van der Waals surface area contributed by atoms with Gasteiger partial charge in [0.05, 0.1) is 6.61 Å². The van der Waals surface area contributed by atoms with E-state index in [2.05, 4.69) is 11.8 Å². The minimum atomic E-state index is 0.0984. The lowest BCUT2D eigenvalue weighted by molar-refractivity contribution is 0.305. The number of thiophene rings is 1. The summed E-state index contributed by atoms with van der Waals surface area (Å²) < 4.78 is 5.78. The zero-order valence-corrected chi connectivity index (χ0v) is 12.7. The maximum Gasteiger partial charge on any atom is 0.124 e. The first kappa shape index (κ1) is 14.9. The Morgan fingerprint density at radius 3 is 3.00 bits per heavy atom. The molecule has 104 valence electrons. The zero-order chi connectivity index (χ0) is 14.4. The van der Waals surface area contributed by atoms with E-state index in [0.717, 1.165) is 21.8 Å². The Bertz CT molecular complexity index is 637. The third kappa shape index (κ3) is 4.28. The van der Waals surface area contributed by atoms with Crippen LogP contribution in [0.5, 0.6) is 5.75 Å². The number of hydrogen-bond acceptors (Lipinski definition) is 3. The molecule has 0 bridgehead atoms. The van der Waals surface area contributed by atoms with Crippen LogP contribution in [0.15, 0.2) is 29.6 Å². The first-order chi connectivity index (χ1) is 9.69. The van der Waals surface area contributed by atoms with E-state index < -0.39 is 0 Å². The second-order valence-corrected chi connectivity index (χ2v) is 5.71. The van der Waals surface area contributed by atoms with Crippen molar-refractivity contribution in [1.82, 2.24) is 0 Å². The van der Waals surface area contributed by atoms with Gasteiger partial charge in [-0.15, -0.1) is 11.3 Å².